The van der Waals surface area contributed by atoms with Gasteiger partial charge in [0.05, 0.1) is 29.5 Å². The number of benzene rings is 1. The van der Waals surface area contributed by atoms with E-state index in [1.807, 2.05) is 24.4 Å². The highest BCUT2D eigenvalue weighted by Crippen LogP contribution is 2.22. The van der Waals surface area contributed by atoms with Crippen LogP contribution in [0.15, 0.2) is 29.6 Å². The molecule has 0 bridgehead atoms. The molecule has 0 radical (unpaired) electrons. The van der Waals surface area contributed by atoms with Gasteiger partial charge in [0.15, 0.2) is 0 Å². The van der Waals surface area contributed by atoms with Crippen molar-refractivity contribution >= 4 is 46.5 Å². The minimum Gasteiger partial charge on any atom is -0.349 e. The Labute approximate surface area is 159 Å². The number of nitrogens with zero attached hydrogens (tertiary/aromatic N) is 2. The SMILES string of the molecule is Cc1nc(CNC(=O)[C@H]2CSCN2C(=O)Cc2ccc(Cl)cc2)cs1. The van der Waals surface area contributed by atoms with Gasteiger partial charge < -0.3 is 10.2 Å². The summed E-state index contributed by atoms with van der Waals surface area (Å²) in [5.74, 6) is 0.992. The van der Waals surface area contributed by atoms with Crippen LogP contribution in [0, 0.1) is 6.92 Å². The summed E-state index contributed by atoms with van der Waals surface area (Å²) in [6.07, 6.45) is 0.271. The molecule has 0 unspecified atom stereocenters. The lowest BCUT2D eigenvalue weighted by atomic mass is 10.1. The number of halogens is 1. The van der Waals surface area contributed by atoms with Crippen molar-refractivity contribution in [2.45, 2.75) is 25.9 Å². The molecule has 1 aliphatic rings. The van der Waals surface area contributed by atoms with Crippen LogP contribution >= 0.6 is 34.7 Å². The predicted octanol–water partition coefficient (Wildman–Crippen LogP) is 2.87. The molecule has 1 fully saturated rings. The van der Waals surface area contributed by atoms with Gasteiger partial charge in [-0.2, -0.15) is 0 Å². The number of thioether (sulfide) groups is 1. The van der Waals surface area contributed by atoms with Crippen molar-refractivity contribution in [1.82, 2.24) is 15.2 Å². The van der Waals surface area contributed by atoms with Crippen LogP contribution in [-0.4, -0.2) is 39.4 Å². The fourth-order valence-corrected chi connectivity index (χ4v) is 4.49. The lowest BCUT2D eigenvalue weighted by Gasteiger charge is -2.23. The Hall–Kier alpha value is -1.57. The lowest BCUT2D eigenvalue weighted by molar-refractivity contribution is -0.137. The van der Waals surface area contributed by atoms with Gasteiger partial charge in [0.25, 0.3) is 0 Å². The fourth-order valence-electron chi connectivity index (χ4n) is 2.57. The first-order valence-corrected chi connectivity index (χ1v) is 10.2. The minimum absolute atomic E-state index is 0.0445. The van der Waals surface area contributed by atoms with Crippen molar-refractivity contribution in [3.63, 3.8) is 0 Å². The number of rotatable bonds is 5. The topological polar surface area (TPSA) is 62.3 Å². The van der Waals surface area contributed by atoms with Crippen LogP contribution in [0.25, 0.3) is 0 Å². The van der Waals surface area contributed by atoms with E-state index in [0.717, 1.165) is 16.3 Å². The highest BCUT2D eigenvalue weighted by atomic mass is 35.5. The van der Waals surface area contributed by atoms with E-state index in [4.69, 9.17) is 11.6 Å². The van der Waals surface area contributed by atoms with Crippen molar-refractivity contribution in [3.05, 3.63) is 50.9 Å². The van der Waals surface area contributed by atoms with Crippen LogP contribution in [0.2, 0.25) is 5.02 Å². The summed E-state index contributed by atoms with van der Waals surface area (Å²) in [6.45, 7) is 2.32. The van der Waals surface area contributed by atoms with E-state index in [2.05, 4.69) is 10.3 Å². The van der Waals surface area contributed by atoms with E-state index in [0.29, 0.717) is 23.2 Å². The molecule has 0 saturated carbocycles. The standard InChI is InChI=1S/C17H18ClN3O2S2/c1-11-20-14(8-25-11)7-19-17(23)15-9-24-10-21(15)16(22)6-12-2-4-13(18)5-3-12/h2-5,8,15H,6-7,9-10H2,1H3,(H,19,23)/t15-/m1/s1. The maximum absolute atomic E-state index is 12.6. The van der Waals surface area contributed by atoms with Crippen LogP contribution in [0.1, 0.15) is 16.3 Å². The molecular formula is C17H18ClN3O2S2. The Balaban J connectivity index is 1.58. The van der Waals surface area contributed by atoms with Gasteiger partial charge in [-0.25, -0.2) is 4.98 Å². The summed E-state index contributed by atoms with van der Waals surface area (Å²) in [6, 6.07) is 6.78. The maximum atomic E-state index is 12.6. The maximum Gasteiger partial charge on any atom is 0.244 e. The number of hydrogen-bond acceptors (Lipinski definition) is 5. The predicted molar refractivity (Wildman–Crippen MR) is 102 cm³/mol. The monoisotopic (exact) mass is 395 g/mol. The summed E-state index contributed by atoms with van der Waals surface area (Å²) in [5.41, 5.74) is 1.74. The minimum atomic E-state index is -0.426. The Morgan fingerprint density at radius 1 is 1.36 bits per heavy atom. The quantitative estimate of drug-likeness (QED) is 0.845. The lowest BCUT2D eigenvalue weighted by Crippen LogP contribution is -2.47. The first-order chi connectivity index (χ1) is 12.0. The number of hydrogen-bond donors (Lipinski definition) is 1. The second-order valence-corrected chi connectivity index (χ2v) is 8.26. The van der Waals surface area contributed by atoms with Gasteiger partial charge in [-0.3, -0.25) is 9.59 Å². The Bertz CT molecular complexity index is 764. The van der Waals surface area contributed by atoms with Crippen molar-refractivity contribution < 1.29 is 9.59 Å². The van der Waals surface area contributed by atoms with Crippen LogP contribution in [0.3, 0.4) is 0 Å². The van der Waals surface area contributed by atoms with E-state index in [1.54, 1.807) is 40.1 Å². The van der Waals surface area contributed by atoms with Crippen LogP contribution in [0.5, 0.6) is 0 Å². The summed E-state index contributed by atoms with van der Waals surface area (Å²) in [7, 11) is 0. The zero-order chi connectivity index (χ0) is 17.8. The molecule has 5 nitrogen and oxygen atoms in total. The second-order valence-electron chi connectivity index (χ2n) is 5.76. The van der Waals surface area contributed by atoms with Gasteiger partial charge in [0.1, 0.15) is 6.04 Å². The number of nitrogens with one attached hydrogen (secondary N) is 1. The van der Waals surface area contributed by atoms with Crippen molar-refractivity contribution in [2.24, 2.45) is 0 Å². The Kier molecular flexibility index (Phi) is 5.98. The molecule has 132 valence electrons. The van der Waals surface area contributed by atoms with Crippen molar-refractivity contribution in [3.8, 4) is 0 Å². The summed E-state index contributed by atoms with van der Waals surface area (Å²) < 4.78 is 0. The number of amides is 2. The van der Waals surface area contributed by atoms with Gasteiger partial charge >= 0.3 is 0 Å². The normalized spacial score (nSPS) is 16.9. The molecule has 3 rings (SSSR count). The Morgan fingerprint density at radius 3 is 2.80 bits per heavy atom. The molecule has 0 spiro atoms. The first kappa shape index (κ1) is 18.2. The molecule has 1 N–H and O–H groups in total. The molecule has 1 aliphatic heterocycles. The Morgan fingerprint density at radius 2 is 2.12 bits per heavy atom. The molecular weight excluding hydrogens is 378 g/mol. The third-order valence-electron chi connectivity index (χ3n) is 3.88. The van der Waals surface area contributed by atoms with E-state index in [1.165, 1.54) is 0 Å². The molecule has 1 saturated heterocycles. The van der Waals surface area contributed by atoms with Gasteiger partial charge in [-0.15, -0.1) is 23.1 Å². The van der Waals surface area contributed by atoms with Gasteiger partial charge in [0.2, 0.25) is 11.8 Å². The summed E-state index contributed by atoms with van der Waals surface area (Å²) in [5, 5.41) is 6.44. The van der Waals surface area contributed by atoms with Crippen molar-refractivity contribution in [1.29, 1.82) is 0 Å². The second kappa shape index (κ2) is 8.21. The van der Waals surface area contributed by atoms with E-state index >= 15 is 0 Å². The molecule has 25 heavy (non-hydrogen) atoms. The number of carbonyl (C=O) groups is 2. The average molecular weight is 396 g/mol. The van der Waals surface area contributed by atoms with Gasteiger partial charge in [-0.05, 0) is 24.6 Å². The number of aryl methyl sites for hydroxylation is 1. The van der Waals surface area contributed by atoms with E-state index < -0.39 is 6.04 Å². The molecule has 1 atom stereocenters. The third-order valence-corrected chi connectivity index (χ3v) is 5.97. The highest BCUT2D eigenvalue weighted by molar-refractivity contribution is 7.99. The number of carbonyl (C=O) groups excluding carboxylic acids is 2. The first-order valence-electron chi connectivity index (χ1n) is 7.83. The summed E-state index contributed by atoms with van der Waals surface area (Å²) in [4.78, 5) is 31.0. The summed E-state index contributed by atoms with van der Waals surface area (Å²) >= 11 is 9.02. The molecule has 2 heterocycles. The number of aromatic nitrogens is 1. The highest BCUT2D eigenvalue weighted by Gasteiger charge is 2.34. The zero-order valence-electron chi connectivity index (χ0n) is 13.7. The third kappa shape index (κ3) is 4.74. The zero-order valence-corrected chi connectivity index (χ0v) is 16.1. The van der Waals surface area contributed by atoms with E-state index in [9.17, 15) is 9.59 Å². The van der Waals surface area contributed by atoms with Crippen LogP contribution in [0.4, 0.5) is 0 Å². The van der Waals surface area contributed by atoms with Gasteiger partial charge in [0, 0.05) is 16.2 Å². The molecule has 2 amide bonds. The van der Waals surface area contributed by atoms with E-state index in [-0.39, 0.29) is 18.2 Å². The largest absolute Gasteiger partial charge is 0.349 e. The molecule has 8 heteroatoms. The molecule has 1 aromatic heterocycles. The van der Waals surface area contributed by atoms with Crippen LogP contribution in [-0.2, 0) is 22.6 Å². The molecule has 2 aromatic rings. The number of thiazole rings is 1. The van der Waals surface area contributed by atoms with Crippen molar-refractivity contribution in [2.75, 3.05) is 11.6 Å². The smallest absolute Gasteiger partial charge is 0.244 e. The fraction of sp³-hybridized carbons (Fsp3) is 0.353. The molecule has 0 aliphatic carbocycles. The average Bonchev–Trinajstić information content (AvgIpc) is 3.23. The molecule has 1 aromatic carbocycles. The van der Waals surface area contributed by atoms with Crippen LogP contribution < -0.4 is 5.32 Å². The van der Waals surface area contributed by atoms with Gasteiger partial charge in [-0.1, -0.05) is 23.7 Å².